The van der Waals surface area contributed by atoms with E-state index in [2.05, 4.69) is 176 Å². The van der Waals surface area contributed by atoms with Gasteiger partial charge in [0.1, 0.15) is 13.3 Å². The first-order valence-corrected chi connectivity index (χ1v) is 16.9. The topological polar surface area (TPSA) is 17.3 Å². The highest BCUT2D eigenvalue weighted by molar-refractivity contribution is 5.92. The van der Waals surface area contributed by atoms with Crippen LogP contribution in [0, 0.1) is 6.57 Å². The lowest BCUT2D eigenvalue weighted by Gasteiger charge is -2.26. The van der Waals surface area contributed by atoms with E-state index in [9.17, 15) is 0 Å². The van der Waals surface area contributed by atoms with E-state index in [1.807, 2.05) is 24.3 Å². The SMILES string of the molecule is [C-]#[N+]c1cc(N2CN(c3ccc(-c4ccccc4)cc3)c3ccccc32)cc(N2CN(c3ccc(-c4ccccc4)cc3)c3ccccc32)c1. The zero-order valence-electron chi connectivity index (χ0n) is 27.4. The minimum Gasteiger partial charge on any atom is -0.322 e. The summed E-state index contributed by atoms with van der Waals surface area (Å²) in [5, 5.41) is 0. The van der Waals surface area contributed by atoms with E-state index in [0.717, 1.165) is 45.5 Å². The molecule has 7 aromatic rings. The molecule has 0 aliphatic carbocycles. The van der Waals surface area contributed by atoms with Gasteiger partial charge >= 0.3 is 0 Å². The highest BCUT2D eigenvalue weighted by Gasteiger charge is 2.31. The number of rotatable bonds is 6. The van der Waals surface area contributed by atoms with Crippen LogP contribution >= 0.6 is 0 Å². The van der Waals surface area contributed by atoms with Gasteiger partial charge in [0.25, 0.3) is 0 Å². The van der Waals surface area contributed by atoms with Crippen molar-refractivity contribution in [3.05, 3.63) is 187 Å². The summed E-state index contributed by atoms with van der Waals surface area (Å²) >= 11 is 0. The van der Waals surface area contributed by atoms with Crippen LogP contribution in [0.3, 0.4) is 0 Å². The lowest BCUT2D eigenvalue weighted by atomic mass is 10.1. The summed E-state index contributed by atoms with van der Waals surface area (Å²) in [6, 6.07) is 61.8. The molecule has 50 heavy (non-hydrogen) atoms. The van der Waals surface area contributed by atoms with Crippen molar-refractivity contribution in [3.8, 4) is 22.3 Å². The van der Waals surface area contributed by atoms with Gasteiger partial charge in [-0.2, -0.15) is 0 Å². The van der Waals surface area contributed by atoms with Crippen LogP contribution in [-0.2, 0) is 0 Å². The molecule has 0 aromatic heterocycles. The second-order valence-electron chi connectivity index (χ2n) is 12.6. The minimum absolute atomic E-state index is 0.615. The molecule has 7 aromatic carbocycles. The van der Waals surface area contributed by atoms with Gasteiger partial charge in [0, 0.05) is 22.7 Å². The average Bonchev–Trinajstić information content (AvgIpc) is 3.78. The molecule has 0 unspecified atom stereocenters. The van der Waals surface area contributed by atoms with E-state index in [4.69, 9.17) is 6.57 Å². The van der Waals surface area contributed by atoms with E-state index in [1.165, 1.54) is 22.3 Å². The van der Waals surface area contributed by atoms with Gasteiger partial charge in [-0.05, 0) is 89.0 Å². The molecule has 0 saturated heterocycles. The third-order valence-electron chi connectivity index (χ3n) is 9.70. The summed E-state index contributed by atoms with van der Waals surface area (Å²) in [6.07, 6.45) is 0. The fourth-order valence-corrected chi connectivity index (χ4v) is 7.20. The number of fused-ring (bicyclic) bond motifs is 2. The Morgan fingerprint density at radius 2 is 0.660 bits per heavy atom. The first-order valence-electron chi connectivity index (χ1n) is 16.9. The maximum Gasteiger partial charge on any atom is 0.191 e. The van der Waals surface area contributed by atoms with Crippen LogP contribution in [0.15, 0.2) is 176 Å². The molecule has 2 aliphatic heterocycles. The maximum absolute atomic E-state index is 8.07. The van der Waals surface area contributed by atoms with Crippen molar-refractivity contribution in [1.82, 2.24) is 0 Å². The molecule has 0 saturated carbocycles. The molecule has 0 bridgehead atoms. The molecule has 2 heterocycles. The second kappa shape index (κ2) is 12.4. The van der Waals surface area contributed by atoms with Crippen molar-refractivity contribution >= 4 is 51.2 Å². The standard InChI is InChI=1S/C45H33N5/c1-46-37-28-40(49-31-47(42-16-8-10-18-44(42)49)38-24-20-35(21-25-38)33-12-4-2-5-13-33)30-41(29-37)50-32-48(43-17-9-11-19-45(43)50)39-26-22-36(23-27-39)34-14-6-3-7-15-34/h2-30H,31-32H2. The lowest BCUT2D eigenvalue weighted by Crippen LogP contribution is -2.25. The Kier molecular flexibility index (Phi) is 7.26. The second-order valence-corrected chi connectivity index (χ2v) is 12.6. The van der Waals surface area contributed by atoms with Crippen LogP contribution in [0.5, 0.6) is 0 Å². The summed E-state index contributed by atoms with van der Waals surface area (Å²) < 4.78 is 0. The molecule has 0 fully saturated rings. The van der Waals surface area contributed by atoms with E-state index in [-0.39, 0.29) is 0 Å². The smallest absolute Gasteiger partial charge is 0.191 e. The van der Waals surface area contributed by atoms with Crippen LogP contribution in [-0.4, -0.2) is 13.3 Å². The fraction of sp³-hybridized carbons (Fsp3) is 0.0444. The molecule has 0 amide bonds. The van der Waals surface area contributed by atoms with Gasteiger partial charge < -0.3 is 19.6 Å². The van der Waals surface area contributed by atoms with Crippen LogP contribution in [0.1, 0.15) is 0 Å². The summed E-state index contributed by atoms with van der Waals surface area (Å²) in [7, 11) is 0. The molecule has 9 rings (SSSR count). The summed E-state index contributed by atoms with van der Waals surface area (Å²) in [5.41, 5.74) is 14.2. The predicted octanol–water partition coefficient (Wildman–Crippen LogP) is 12.1. The number of anilines is 8. The van der Waals surface area contributed by atoms with Gasteiger partial charge in [0.05, 0.1) is 29.3 Å². The highest BCUT2D eigenvalue weighted by Crippen LogP contribution is 2.49. The van der Waals surface area contributed by atoms with E-state index in [1.54, 1.807) is 0 Å². The molecule has 0 spiro atoms. The van der Waals surface area contributed by atoms with Gasteiger partial charge in [-0.1, -0.05) is 109 Å². The Bertz CT molecular complexity index is 2190. The Balaban J connectivity index is 1.05. The lowest BCUT2D eigenvalue weighted by molar-refractivity contribution is 0.979. The molecule has 5 nitrogen and oxygen atoms in total. The Morgan fingerprint density at radius 3 is 1.02 bits per heavy atom. The average molecular weight is 644 g/mol. The molecular formula is C45H33N5. The number of para-hydroxylation sites is 4. The van der Waals surface area contributed by atoms with Crippen LogP contribution in [0.4, 0.5) is 51.2 Å². The van der Waals surface area contributed by atoms with Gasteiger partial charge in [-0.3, -0.25) is 0 Å². The monoisotopic (exact) mass is 643 g/mol. The first kappa shape index (κ1) is 29.4. The normalized spacial score (nSPS) is 13.3. The highest BCUT2D eigenvalue weighted by atomic mass is 15.4. The van der Waals surface area contributed by atoms with Gasteiger partial charge in [0.2, 0.25) is 0 Å². The van der Waals surface area contributed by atoms with Crippen LogP contribution in [0.2, 0.25) is 0 Å². The Labute approximate surface area is 292 Å². The van der Waals surface area contributed by atoms with Crippen molar-refractivity contribution in [1.29, 1.82) is 0 Å². The molecule has 0 atom stereocenters. The van der Waals surface area contributed by atoms with Crippen molar-refractivity contribution in [2.45, 2.75) is 0 Å². The van der Waals surface area contributed by atoms with Crippen LogP contribution < -0.4 is 19.6 Å². The van der Waals surface area contributed by atoms with Gasteiger partial charge in [0.15, 0.2) is 5.69 Å². The third-order valence-corrected chi connectivity index (χ3v) is 9.70. The first-order chi connectivity index (χ1) is 24.7. The number of hydrogen-bond donors (Lipinski definition) is 0. The maximum atomic E-state index is 8.07. The molecule has 0 radical (unpaired) electrons. The molecule has 238 valence electrons. The zero-order valence-corrected chi connectivity index (χ0v) is 27.4. The number of benzene rings is 7. The fourth-order valence-electron chi connectivity index (χ4n) is 7.20. The van der Waals surface area contributed by atoms with E-state index in [0.29, 0.717) is 19.0 Å². The zero-order chi connectivity index (χ0) is 33.4. The third kappa shape index (κ3) is 5.20. The van der Waals surface area contributed by atoms with Crippen molar-refractivity contribution < 1.29 is 0 Å². The van der Waals surface area contributed by atoms with Crippen LogP contribution in [0.25, 0.3) is 27.1 Å². The Hall–Kier alpha value is -6.77. The number of hydrogen-bond acceptors (Lipinski definition) is 4. The van der Waals surface area contributed by atoms with Gasteiger partial charge in [-0.25, -0.2) is 4.85 Å². The minimum atomic E-state index is 0.615. The summed E-state index contributed by atoms with van der Waals surface area (Å²) in [4.78, 5) is 13.3. The predicted molar refractivity (Wildman–Crippen MR) is 208 cm³/mol. The summed E-state index contributed by atoms with van der Waals surface area (Å²) in [5.74, 6) is 0. The Morgan fingerprint density at radius 1 is 0.340 bits per heavy atom. The van der Waals surface area contributed by atoms with Crippen molar-refractivity contribution in [2.75, 3.05) is 32.9 Å². The van der Waals surface area contributed by atoms with E-state index >= 15 is 0 Å². The van der Waals surface area contributed by atoms with E-state index < -0.39 is 0 Å². The molecular weight excluding hydrogens is 611 g/mol. The van der Waals surface area contributed by atoms with Gasteiger partial charge in [-0.15, -0.1) is 0 Å². The van der Waals surface area contributed by atoms with Crippen molar-refractivity contribution in [3.63, 3.8) is 0 Å². The molecule has 0 N–H and O–H groups in total. The molecule has 5 heteroatoms. The van der Waals surface area contributed by atoms with Crippen molar-refractivity contribution in [2.24, 2.45) is 0 Å². The number of nitrogens with zero attached hydrogens (tertiary/aromatic N) is 5. The quantitative estimate of drug-likeness (QED) is 0.168. The largest absolute Gasteiger partial charge is 0.322 e. The molecule has 2 aliphatic rings. The summed E-state index contributed by atoms with van der Waals surface area (Å²) in [6.45, 7) is 9.35.